The van der Waals surface area contributed by atoms with Crippen LogP contribution in [0.2, 0.25) is 0 Å². The Balaban J connectivity index is 3.07. The van der Waals surface area contributed by atoms with Crippen molar-refractivity contribution in [3.05, 3.63) is 27.9 Å². The van der Waals surface area contributed by atoms with Gasteiger partial charge < -0.3 is 10.1 Å². The van der Waals surface area contributed by atoms with E-state index in [0.29, 0.717) is 12.5 Å². The molecule has 0 saturated heterocycles. The zero-order valence-electron chi connectivity index (χ0n) is 10.5. The molecule has 0 aliphatic rings. The quantitative estimate of drug-likeness (QED) is 0.489. The van der Waals surface area contributed by atoms with Crippen LogP contribution in [-0.2, 0) is 4.74 Å². The summed E-state index contributed by atoms with van der Waals surface area (Å²) in [6.45, 7) is 4.45. The Morgan fingerprint density at radius 2 is 2.22 bits per heavy atom. The summed E-state index contributed by atoms with van der Waals surface area (Å²) in [7, 11) is 1.23. The van der Waals surface area contributed by atoms with Crippen molar-refractivity contribution < 1.29 is 14.5 Å². The van der Waals surface area contributed by atoms with Crippen molar-refractivity contribution in [1.82, 2.24) is 4.98 Å². The number of aromatic nitrogens is 1. The van der Waals surface area contributed by atoms with Gasteiger partial charge in [0.1, 0.15) is 0 Å². The lowest BCUT2D eigenvalue weighted by Gasteiger charge is -2.09. The molecule has 1 aromatic heterocycles. The molecule has 98 valence electrons. The summed E-state index contributed by atoms with van der Waals surface area (Å²) in [5.74, 6) is -0.248. The lowest BCUT2D eigenvalue weighted by molar-refractivity contribution is -0.384. The average Bonchev–Trinajstić information content (AvgIpc) is 2.34. The molecule has 1 heterocycles. The number of anilines is 1. The number of esters is 1. The molecule has 0 aliphatic carbocycles. The number of nitrogens with one attached hydrogen (secondary N) is 1. The Morgan fingerprint density at radius 1 is 1.56 bits per heavy atom. The van der Waals surface area contributed by atoms with E-state index in [0.717, 1.165) is 0 Å². The van der Waals surface area contributed by atoms with Crippen molar-refractivity contribution in [1.29, 1.82) is 0 Å². The fraction of sp³-hybridized carbons (Fsp3) is 0.455. The van der Waals surface area contributed by atoms with E-state index in [-0.39, 0.29) is 17.2 Å². The molecule has 0 aromatic carbocycles. The first-order chi connectivity index (χ1) is 8.45. The van der Waals surface area contributed by atoms with Crippen molar-refractivity contribution >= 4 is 17.5 Å². The second kappa shape index (κ2) is 5.95. The SMILES string of the molecule is COC(=O)c1ccc([N+](=O)[O-])c(NCC(C)C)n1. The number of nitrogens with zero attached hydrogens (tertiary/aromatic N) is 2. The van der Waals surface area contributed by atoms with Gasteiger partial charge >= 0.3 is 11.7 Å². The Hall–Kier alpha value is -2.18. The van der Waals surface area contributed by atoms with E-state index < -0.39 is 10.9 Å². The van der Waals surface area contributed by atoms with Crippen molar-refractivity contribution in [3.63, 3.8) is 0 Å². The molecule has 0 fully saturated rings. The molecule has 1 aromatic rings. The molecular weight excluding hydrogens is 238 g/mol. The summed E-state index contributed by atoms with van der Waals surface area (Å²) in [5.41, 5.74) is -0.127. The van der Waals surface area contributed by atoms with Gasteiger partial charge in [0.05, 0.1) is 12.0 Å². The standard InChI is InChI=1S/C11H15N3O4/c1-7(2)6-12-10-9(14(16)17)5-4-8(13-10)11(15)18-3/h4-5,7H,6H2,1-3H3,(H,12,13). The summed E-state index contributed by atoms with van der Waals surface area (Å²) in [5, 5.41) is 13.7. The van der Waals surface area contributed by atoms with Crippen LogP contribution in [0, 0.1) is 16.0 Å². The first kappa shape index (κ1) is 13.9. The van der Waals surface area contributed by atoms with Crippen molar-refractivity contribution in [2.45, 2.75) is 13.8 Å². The number of ether oxygens (including phenoxy) is 1. The zero-order valence-corrected chi connectivity index (χ0v) is 10.5. The number of carbonyl (C=O) groups is 1. The van der Waals surface area contributed by atoms with E-state index in [9.17, 15) is 14.9 Å². The molecule has 1 N–H and O–H groups in total. The number of hydrogen-bond acceptors (Lipinski definition) is 6. The van der Waals surface area contributed by atoms with E-state index in [1.54, 1.807) is 0 Å². The first-order valence-corrected chi connectivity index (χ1v) is 5.43. The second-order valence-electron chi connectivity index (χ2n) is 4.09. The maximum atomic E-state index is 11.3. The molecule has 1 rings (SSSR count). The molecule has 18 heavy (non-hydrogen) atoms. The normalized spacial score (nSPS) is 10.2. The van der Waals surface area contributed by atoms with Gasteiger partial charge in [-0.05, 0) is 12.0 Å². The van der Waals surface area contributed by atoms with Crippen LogP contribution in [0.25, 0.3) is 0 Å². The van der Waals surface area contributed by atoms with Crippen LogP contribution < -0.4 is 5.32 Å². The number of pyridine rings is 1. The van der Waals surface area contributed by atoms with Crippen LogP contribution in [0.1, 0.15) is 24.3 Å². The van der Waals surface area contributed by atoms with Crippen LogP contribution in [0.3, 0.4) is 0 Å². The topological polar surface area (TPSA) is 94.4 Å². The van der Waals surface area contributed by atoms with E-state index in [4.69, 9.17) is 0 Å². The van der Waals surface area contributed by atoms with E-state index >= 15 is 0 Å². The predicted octanol–water partition coefficient (Wildman–Crippen LogP) is 1.84. The van der Waals surface area contributed by atoms with E-state index in [1.807, 2.05) is 13.8 Å². The fourth-order valence-electron chi connectivity index (χ4n) is 1.25. The van der Waals surface area contributed by atoms with E-state index in [1.165, 1.54) is 19.2 Å². The lowest BCUT2D eigenvalue weighted by Crippen LogP contribution is -2.13. The molecule has 0 bridgehead atoms. The largest absolute Gasteiger partial charge is 0.464 e. The van der Waals surface area contributed by atoms with Gasteiger partial charge in [-0.1, -0.05) is 13.8 Å². The van der Waals surface area contributed by atoms with Crippen LogP contribution >= 0.6 is 0 Å². The Labute approximate surface area is 104 Å². The van der Waals surface area contributed by atoms with Crippen LogP contribution in [0.15, 0.2) is 12.1 Å². The zero-order chi connectivity index (χ0) is 13.7. The highest BCUT2D eigenvalue weighted by molar-refractivity contribution is 5.88. The second-order valence-corrected chi connectivity index (χ2v) is 4.09. The highest BCUT2D eigenvalue weighted by Gasteiger charge is 2.18. The third kappa shape index (κ3) is 3.41. The number of methoxy groups -OCH3 is 1. The minimum Gasteiger partial charge on any atom is -0.464 e. The summed E-state index contributed by atoms with van der Waals surface area (Å²) in [6.07, 6.45) is 0. The van der Waals surface area contributed by atoms with Crippen molar-refractivity contribution in [2.24, 2.45) is 5.92 Å². The first-order valence-electron chi connectivity index (χ1n) is 5.43. The van der Waals surface area contributed by atoms with Crippen LogP contribution in [0.4, 0.5) is 11.5 Å². The molecule has 0 radical (unpaired) electrons. The fourth-order valence-corrected chi connectivity index (χ4v) is 1.25. The highest BCUT2D eigenvalue weighted by Crippen LogP contribution is 2.22. The average molecular weight is 253 g/mol. The van der Waals surface area contributed by atoms with Crippen molar-refractivity contribution in [2.75, 3.05) is 19.0 Å². The summed E-state index contributed by atoms with van der Waals surface area (Å²) in [4.78, 5) is 25.5. The number of rotatable bonds is 5. The third-order valence-corrected chi connectivity index (χ3v) is 2.14. The third-order valence-electron chi connectivity index (χ3n) is 2.14. The molecule has 7 heteroatoms. The predicted molar refractivity (Wildman–Crippen MR) is 65.6 cm³/mol. The lowest BCUT2D eigenvalue weighted by atomic mass is 10.2. The summed E-state index contributed by atoms with van der Waals surface area (Å²) >= 11 is 0. The van der Waals surface area contributed by atoms with Gasteiger partial charge in [0, 0.05) is 12.6 Å². The molecule has 7 nitrogen and oxygen atoms in total. The minimum absolute atomic E-state index is 0.0364. The van der Waals surface area contributed by atoms with E-state index in [2.05, 4.69) is 15.0 Å². The van der Waals surface area contributed by atoms with Crippen LogP contribution in [-0.4, -0.2) is 29.5 Å². The van der Waals surface area contributed by atoms with Gasteiger partial charge in [-0.25, -0.2) is 9.78 Å². The maximum absolute atomic E-state index is 11.3. The van der Waals surface area contributed by atoms with Crippen molar-refractivity contribution in [3.8, 4) is 0 Å². The smallest absolute Gasteiger partial charge is 0.356 e. The van der Waals surface area contributed by atoms with Gasteiger partial charge in [0.2, 0.25) is 5.82 Å². The Kier molecular flexibility index (Phi) is 4.59. The van der Waals surface area contributed by atoms with Gasteiger partial charge in [-0.2, -0.15) is 0 Å². The molecule has 0 unspecified atom stereocenters. The Morgan fingerprint density at radius 3 is 2.72 bits per heavy atom. The highest BCUT2D eigenvalue weighted by atomic mass is 16.6. The Bertz CT molecular complexity index is 460. The van der Waals surface area contributed by atoms with Crippen LogP contribution in [0.5, 0.6) is 0 Å². The number of carbonyl (C=O) groups excluding carboxylic acids is 1. The molecule has 0 aliphatic heterocycles. The van der Waals surface area contributed by atoms with Gasteiger partial charge in [0.25, 0.3) is 0 Å². The molecular formula is C11H15N3O4. The molecule has 0 amide bonds. The monoisotopic (exact) mass is 253 g/mol. The number of hydrogen-bond donors (Lipinski definition) is 1. The molecule has 0 atom stereocenters. The number of nitro groups is 1. The molecule has 0 spiro atoms. The maximum Gasteiger partial charge on any atom is 0.356 e. The van der Waals surface area contributed by atoms with Gasteiger partial charge in [0.15, 0.2) is 5.69 Å². The summed E-state index contributed by atoms with van der Waals surface area (Å²) < 4.78 is 4.52. The van der Waals surface area contributed by atoms with Gasteiger partial charge in [-0.3, -0.25) is 10.1 Å². The minimum atomic E-state index is -0.627. The van der Waals surface area contributed by atoms with Gasteiger partial charge in [-0.15, -0.1) is 0 Å². The molecule has 0 saturated carbocycles. The summed E-state index contributed by atoms with van der Waals surface area (Å²) in [6, 6.07) is 2.51.